The van der Waals surface area contributed by atoms with Gasteiger partial charge in [-0.3, -0.25) is 9.59 Å². The molecular formula is C25H28Cl2N4O6. The number of furan rings is 1. The summed E-state index contributed by atoms with van der Waals surface area (Å²) in [6.07, 6.45) is 2.01. The molecule has 0 aliphatic carbocycles. The standard InChI is InChI=1S/C25H28Cl2N4O6/c1-5-6-7-19(29-23(34)37-25(2,3)4)22(33)31-21(32)14-30(24(31)35)28-13-16-9-11-20(36-16)15-8-10-17(26)18(27)12-15/h8-13,19H,5-7,14H2,1-4H3,(H,29,34)/b28-13+. The highest BCUT2D eigenvalue weighted by Crippen LogP contribution is 2.29. The second-order valence-electron chi connectivity index (χ2n) is 9.32. The Morgan fingerprint density at radius 1 is 1.19 bits per heavy atom. The van der Waals surface area contributed by atoms with E-state index < -0.39 is 42.1 Å². The van der Waals surface area contributed by atoms with Crippen molar-refractivity contribution in [1.29, 1.82) is 0 Å². The Bertz CT molecular complexity index is 1220. The molecule has 1 atom stereocenters. The molecule has 1 N–H and O–H groups in total. The van der Waals surface area contributed by atoms with Crippen LogP contribution in [0.5, 0.6) is 0 Å². The molecule has 2 heterocycles. The highest BCUT2D eigenvalue weighted by Gasteiger charge is 2.43. The van der Waals surface area contributed by atoms with E-state index in [0.717, 1.165) is 11.4 Å². The molecule has 0 spiro atoms. The molecule has 0 saturated carbocycles. The topological polar surface area (TPSA) is 122 Å². The zero-order chi connectivity index (χ0) is 27.3. The number of carbonyl (C=O) groups excluding carboxylic acids is 4. The van der Waals surface area contributed by atoms with E-state index >= 15 is 0 Å². The predicted molar refractivity (Wildman–Crippen MR) is 138 cm³/mol. The van der Waals surface area contributed by atoms with Gasteiger partial charge in [-0.05, 0) is 57.5 Å². The highest BCUT2D eigenvalue weighted by molar-refractivity contribution is 6.42. The molecule has 10 nitrogen and oxygen atoms in total. The number of rotatable bonds is 8. The Kier molecular flexibility index (Phi) is 8.98. The van der Waals surface area contributed by atoms with Gasteiger partial charge in [-0.15, -0.1) is 0 Å². The lowest BCUT2D eigenvalue weighted by Crippen LogP contribution is -2.51. The van der Waals surface area contributed by atoms with Gasteiger partial charge in [0, 0.05) is 5.56 Å². The third-order valence-electron chi connectivity index (χ3n) is 5.16. The quantitative estimate of drug-likeness (QED) is 0.344. The van der Waals surface area contributed by atoms with Crippen molar-refractivity contribution in [1.82, 2.24) is 15.2 Å². The number of urea groups is 1. The van der Waals surface area contributed by atoms with Crippen LogP contribution < -0.4 is 5.32 Å². The Balaban J connectivity index is 1.70. The van der Waals surface area contributed by atoms with Gasteiger partial charge in [0.1, 0.15) is 29.7 Å². The molecule has 1 aromatic carbocycles. The van der Waals surface area contributed by atoms with Crippen molar-refractivity contribution in [2.45, 2.75) is 58.6 Å². The molecule has 1 fully saturated rings. The molecule has 12 heteroatoms. The zero-order valence-electron chi connectivity index (χ0n) is 20.9. The molecular weight excluding hydrogens is 523 g/mol. The molecule has 37 heavy (non-hydrogen) atoms. The van der Waals surface area contributed by atoms with Crippen molar-refractivity contribution in [3.63, 3.8) is 0 Å². The number of amides is 5. The normalized spacial score (nSPS) is 15.0. The first kappa shape index (κ1) is 28.2. The molecule has 1 aromatic heterocycles. The first-order valence-corrected chi connectivity index (χ1v) is 12.4. The fourth-order valence-corrected chi connectivity index (χ4v) is 3.72. The second-order valence-corrected chi connectivity index (χ2v) is 10.1. The molecule has 2 aromatic rings. The lowest BCUT2D eigenvalue weighted by atomic mass is 10.1. The summed E-state index contributed by atoms with van der Waals surface area (Å²) < 4.78 is 10.9. The smallest absolute Gasteiger partial charge is 0.408 e. The SMILES string of the molecule is CCCCC(NC(=O)OC(C)(C)C)C(=O)N1C(=O)CN(/N=C/c2ccc(-c3ccc(Cl)c(Cl)c3)o2)C1=O. The predicted octanol–water partition coefficient (Wildman–Crippen LogP) is 5.46. The molecule has 198 valence electrons. The van der Waals surface area contributed by atoms with Crippen LogP contribution in [0.15, 0.2) is 39.9 Å². The average molecular weight is 551 g/mol. The summed E-state index contributed by atoms with van der Waals surface area (Å²) in [5.41, 5.74) is -0.0902. The molecule has 1 unspecified atom stereocenters. The maximum absolute atomic E-state index is 13.1. The van der Waals surface area contributed by atoms with Crippen molar-refractivity contribution in [3.8, 4) is 11.3 Å². The minimum Gasteiger partial charge on any atom is -0.455 e. The van der Waals surface area contributed by atoms with Crippen molar-refractivity contribution in [2.24, 2.45) is 5.10 Å². The number of hydrogen-bond acceptors (Lipinski definition) is 7. The number of benzene rings is 1. The summed E-state index contributed by atoms with van der Waals surface area (Å²) in [4.78, 5) is 51.3. The van der Waals surface area contributed by atoms with Gasteiger partial charge in [0.05, 0.1) is 16.3 Å². The zero-order valence-corrected chi connectivity index (χ0v) is 22.4. The summed E-state index contributed by atoms with van der Waals surface area (Å²) in [6, 6.07) is 6.31. The maximum atomic E-state index is 13.1. The molecule has 1 saturated heterocycles. The number of hydrogen-bond donors (Lipinski definition) is 1. The van der Waals surface area contributed by atoms with Crippen LogP contribution in [0, 0.1) is 0 Å². The third kappa shape index (κ3) is 7.33. The molecule has 0 radical (unpaired) electrons. The van der Waals surface area contributed by atoms with Crippen molar-refractivity contribution < 1.29 is 28.3 Å². The number of hydrazone groups is 1. The van der Waals surface area contributed by atoms with Crippen molar-refractivity contribution in [3.05, 3.63) is 46.1 Å². The third-order valence-corrected chi connectivity index (χ3v) is 5.90. The summed E-state index contributed by atoms with van der Waals surface area (Å²) in [5.74, 6) is -0.798. The number of carbonyl (C=O) groups is 4. The number of imide groups is 3. The van der Waals surface area contributed by atoms with Crippen LogP contribution in [0.25, 0.3) is 11.3 Å². The molecule has 3 rings (SSSR count). The Hall–Kier alpha value is -3.37. The first-order chi connectivity index (χ1) is 17.4. The van der Waals surface area contributed by atoms with E-state index in [-0.39, 0.29) is 6.42 Å². The lowest BCUT2D eigenvalue weighted by molar-refractivity contribution is -0.140. The number of unbranched alkanes of at least 4 members (excludes halogenated alkanes) is 1. The van der Waals surface area contributed by atoms with Crippen molar-refractivity contribution in [2.75, 3.05) is 6.54 Å². The van der Waals surface area contributed by atoms with Crippen LogP contribution in [0.3, 0.4) is 0 Å². The van der Waals surface area contributed by atoms with Gasteiger partial charge >= 0.3 is 12.1 Å². The number of nitrogens with zero attached hydrogens (tertiary/aromatic N) is 3. The Labute approximate surface area is 224 Å². The molecule has 0 bridgehead atoms. The van der Waals surface area contributed by atoms with Gasteiger partial charge in [-0.2, -0.15) is 10.0 Å². The number of nitrogens with one attached hydrogen (secondary N) is 1. The lowest BCUT2D eigenvalue weighted by Gasteiger charge is -2.24. The number of ether oxygens (including phenoxy) is 1. The monoisotopic (exact) mass is 550 g/mol. The van der Waals surface area contributed by atoms with Gasteiger partial charge in [-0.1, -0.05) is 43.0 Å². The van der Waals surface area contributed by atoms with Crippen LogP contribution in [0.1, 0.15) is 52.7 Å². The fourth-order valence-electron chi connectivity index (χ4n) is 3.42. The van der Waals surface area contributed by atoms with Gasteiger partial charge in [0.25, 0.3) is 11.8 Å². The van der Waals surface area contributed by atoms with Gasteiger partial charge in [0.2, 0.25) is 0 Å². The number of halogens is 2. The highest BCUT2D eigenvalue weighted by atomic mass is 35.5. The van der Waals surface area contributed by atoms with Gasteiger partial charge < -0.3 is 14.5 Å². The summed E-state index contributed by atoms with van der Waals surface area (Å²) in [7, 11) is 0. The van der Waals surface area contributed by atoms with E-state index in [4.69, 9.17) is 32.4 Å². The van der Waals surface area contributed by atoms with E-state index in [1.54, 1.807) is 51.1 Å². The van der Waals surface area contributed by atoms with Crippen LogP contribution in [0.2, 0.25) is 10.0 Å². The van der Waals surface area contributed by atoms with Gasteiger partial charge in [-0.25, -0.2) is 14.6 Å². The Morgan fingerprint density at radius 3 is 2.57 bits per heavy atom. The van der Waals surface area contributed by atoms with E-state index in [1.165, 1.54) is 6.21 Å². The minimum atomic E-state index is -1.11. The molecule has 1 aliphatic rings. The van der Waals surface area contributed by atoms with Crippen LogP contribution >= 0.6 is 23.2 Å². The van der Waals surface area contributed by atoms with Crippen LogP contribution in [0.4, 0.5) is 9.59 Å². The fraction of sp³-hybridized carbons (Fsp3) is 0.400. The van der Waals surface area contributed by atoms with Crippen molar-refractivity contribution >= 4 is 53.4 Å². The number of alkyl carbamates (subject to hydrolysis) is 1. The first-order valence-electron chi connectivity index (χ1n) is 11.7. The average Bonchev–Trinajstić information content (AvgIpc) is 3.39. The minimum absolute atomic E-state index is 0.235. The van der Waals surface area contributed by atoms with E-state index in [0.29, 0.717) is 38.4 Å². The van der Waals surface area contributed by atoms with E-state index in [1.807, 2.05) is 6.92 Å². The van der Waals surface area contributed by atoms with E-state index in [2.05, 4.69) is 10.4 Å². The molecule has 5 amide bonds. The maximum Gasteiger partial charge on any atom is 0.408 e. The van der Waals surface area contributed by atoms with Crippen LogP contribution in [-0.4, -0.2) is 58.2 Å². The van der Waals surface area contributed by atoms with Gasteiger partial charge in [0.15, 0.2) is 0 Å². The summed E-state index contributed by atoms with van der Waals surface area (Å²) in [6.45, 7) is 6.54. The summed E-state index contributed by atoms with van der Waals surface area (Å²) >= 11 is 12.0. The van der Waals surface area contributed by atoms with Crippen LogP contribution in [-0.2, 0) is 14.3 Å². The molecule has 1 aliphatic heterocycles. The largest absolute Gasteiger partial charge is 0.455 e. The Morgan fingerprint density at radius 2 is 1.92 bits per heavy atom. The van der Waals surface area contributed by atoms with E-state index in [9.17, 15) is 19.2 Å². The second kappa shape index (κ2) is 11.8. The summed E-state index contributed by atoms with van der Waals surface area (Å²) in [5, 5.41) is 8.13.